The van der Waals surface area contributed by atoms with Gasteiger partial charge in [-0.25, -0.2) is 47.5 Å². The molecule has 0 saturated carbocycles. The number of morpholine rings is 1. The third-order valence-electron chi connectivity index (χ3n) is 21.8. The van der Waals surface area contributed by atoms with Crippen molar-refractivity contribution in [3.63, 3.8) is 0 Å². The van der Waals surface area contributed by atoms with Gasteiger partial charge in [0.25, 0.3) is 0 Å². The van der Waals surface area contributed by atoms with E-state index in [-0.39, 0.29) is 59.4 Å². The number of quaternary nitrogens is 5. The monoisotopic (exact) mass is 1920 g/mol. The van der Waals surface area contributed by atoms with Crippen LogP contribution in [-0.2, 0) is 28.7 Å². The lowest BCUT2D eigenvalue weighted by Crippen LogP contribution is -2.38. The Bertz CT molecular complexity index is 6810. The number of nitrogens with zero attached hydrogens (tertiary/aromatic N) is 20. The minimum Gasteiger partial charge on any atom is -0.490 e. The lowest BCUT2D eigenvalue weighted by atomic mass is 10.0. The van der Waals surface area contributed by atoms with Crippen LogP contribution in [0.25, 0.3) is 27.6 Å². The fraction of sp³-hybridized carbons (Fsp3) is 0.343. The number of aromatic nitrogens is 10. The van der Waals surface area contributed by atoms with E-state index in [0.29, 0.717) is 140 Å². The molecule has 0 bridgehead atoms. The van der Waals surface area contributed by atoms with Crippen LogP contribution in [0.2, 0.25) is 0 Å². The van der Waals surface area contributed by atoms with Crippen molar-refractivity contribution >= 4 is 154 Å². The number of hydrogen-bond acceptors (Lipinski definition) is 29. The number of Topliss-reactive ketones (excluding diaryl/α,β-unsaturated/α-hetero) is 1. The van der Waals surface area contributed by atoms with Crippen LogP contribution in [0.5, 0.6) is 0 Å². The van der Waals surface area contributed by atoms with E-state index in [0.717, 1.165) is 133 Å². The number of aliphatic hydroxyl groups is 2. The zero-order valence-electron chi connectivity index (χ0n) is 82.5. The predicted octanol–water partition coefficient (Wildman–Crippen LogP) is 8.67. The molecule has 5 aliphatic carbocycles. The van der Waals surface area contributed by atoms with Gasteiger partial charge in [-0.05, 0) is 117 Å². The molecule has 16 rings (SSSR count). The number of likely N-dealkylation sites (N-methyl/N-ethyl adjacent to an activating group) is 5. The number of carbonyl (C=O) groups excluding carboxylic acids is 4. The van der Waals surface area contributed by atoms with Gasteiger partial charge in [0.15, 0.2) is 40.7 Å². The quantitative estimate of drug-likeness (QED) is 0.0110. The second-order valence-corrected chi connectivity index (χ2v) is 39.1. The van der Waals surface area contributed by atoms with Crippen LogP contribution >= 0.6 is 11.6 Å². The van der Waals surface area contributed by atoms with Crippen molar-refractivity contribution in [1.29, 1.82) is 5.41 Å². The van der Waals surface area contributed by atoms with E-state index >= 15 is 0 Å². The molecule has 0 radical (unpaired) electrons. The summed E-state index contributed by atoms with van der Waals surface area (Å²) in [6.45, 7) is 15.2. The van der Waals surface area contributed by atoms with Crippen molar-refractivity contribution in [2.75, 3.05) is 237 Å². The summed E-state index contributed by atoms with van der Waals surface area (Å²) in [6.07, 6.45) is 23.8. The number of nitrogens with two attached hydrogens (primary N) is 3. The van der Waals surface area contributed by atoms with Gasteiger partial charge in [0.1, 0.15) is 63.9 Å². The molecule has 10 aromatic heterocycles. The largest absolute Gasteiger partial charge is 0.490 e. The van der Waals surface area contributed by atoms with E-state index in [4.69, 9.17) is 73.9 Å². The Morgan fingerprint density at radius 2 is 0.777 bits per heavy atom. The van der Waals surface area contributed by atoms with E-state index in [2.05, 4.69) is 173 Å². The average Bonchev–Trinajstić information content (AvgIpc) is 1.68. The smallest absolute Gasteiger partial charge is 0.206 e. The molecule has 732 valence electrons. The molecule has 40 heteroatoms. The minimum absolute atomic E-state index is 0.00441. The first kappa shape index (κ1) is 103. The highest BCUT2D eigenvalue weighted by Crippen LogP contribution is 2.38. The number of aliphatic hydroxyl groups excluding tert-OH is 2. The number of nitrogens with one attached hydrogen (secondary N) is 8. The van der Waals surface area contributed by atoms with Gasteiger partial charge in [-0.1, -0.05) is 41.9 Å². The Labute approximate surface area is 813 Å². The predicted molar refractivity (Wildman–Crippen MR) is 553 cm³/mol. The number of halogens is 1. The minimum atomic E-state index is -0.269. The Morgan fingerprint density at radius 3 is 1.17 bits per heavy atom. The fourth-order valence-electron chi connectivity index (χ4n) is 14.2. The number of carbonyl (C=O) groups is 4. The summed E-state index contributed by atoms with van der Waals surface area (Å²) in [5, 5.41) is 72.6. The highest BCUT2D eigenvalue weighted by atomic mass is 35.5. The van der Waals surface area contributed by atoms with Gasteiger partial charge in [-0.2, -0.15) is 0 Å². The molecular weight excluding hydrogens is 1790 g/mol. The van der Waals surface area contributed by atoms with E-state index in [1.54, 1.807) is 79.8 Å². The second-order valence-electron chi connectivity index (χ2n) is 38.7. The maximum atomic E-state index is 12.6. The summed E-state index contributed by atoms with van der Waals surface area (Å²) in [7, 11) is 32.1. The first-order valence-corrected chi connectivity index (χ1v) is 46.0. The van der Waals surface area contributed by atoms with Gasteiger partial charge in [0.05, 0.1) is 269 Å². The van der Waals surface area contributed by atoms with Crippen LogP contribution in [0.3, 0.4) is 0 Å². The Hall–Kier alpha value is -14.8. The molecule has 11 heterocycles. The van der Waals surface area contributed by atoms with Crippen LogP contribution < -0.4 is 54.4 Å². The van der Waals surface area contributed by atoms with Crippen LogP contribution in [0.1, 0.15) is 20.8 Å². The number of allylic oxidation sites excluding steroid dienone is 13. The molecular formula is C99H131ClN31O8+5. The first-order valence-electron chi connectivity index (χ1n) is 45.7. The number of aliphatic imine (C=N–C) groups is 5. The average molecular weight is 1920 g/mol. The lowest BCUT2D eigenvalue weighted by molar-refractivity contribution is -0.868. The lowest BCUT2D eigenvalue weighted by Gasteiger charge is -2.24. The van der Waals surface area contributed by atoms with Crippen molar-refractivity contribution in [2.24, 2.45) is 42.2 Å². The SMILES string of the molecule is CC1=CC(=Nc2c(NCC[N+](C)(C)C)nn3ccccc23)C(N)=C(Cl)C1=O.CC1=CC(=Nc2c(NCC[N+](C)(C)C)nn3ccccc23)C(N)=CC1=O.CC1=CC(=Nc2c(NCC[N+](C)(C)C)nn3ccccc23)C(NCCO)=CC1=O.C[N+](C)(C)CCNc1nn2ccccc2c1N=C1C=C(OCCO)C(N)=CC1=N.C[N+](C)(C)CCNc1nn2ccccc2c1N=C1C=C2OCCNC2=CC1=O. The molecule has 1 saturated heterocycles. The van der Waals surface area contributed by atoms with Gasteiger partial charge in [-0.15, -0.1) is 25.5 Å². The summed E-state index contributed by atoms with van der Waals surface area (Å²) >= 11 is 6.08. The van der Waals surface area contributed by atoms with Crippen molar-refractivity contribution in [2.45, 2.75) is 20.8 Å². The number of ether oxygens (including phenoxy) is 2. The number of rotatable bonds is 31. The fourth-order valence-corrected chi connectivity index (χ4v) is 14.4. The number of anilines is 5. The first-order chi connectivity index (χ1) is 65.9. The van der Waals surface area contributed by atoms with Gasteiger partial charge in [0.2, 0.25) is 11.6 Å². The van der Waals surface area contributed by atoms with Crippen molar-refractivity contribution < 1.29 is 61.3 Å². The van der Waals surface area contributed by atoms with Gasteiger partial charge in [-0.3, -0.25) is 24.6 Å². The van der Waals surface area contributed by atoms with Crippen LogP contribution in [0, 0.1) is 5.41 Å². The van der Waals surface area contributed by atoms with Crippen LogP contribution in [0.15, 0.2) is 263 Å². The second kappa shape index (κ2) is 45.0. The number of hydrogen-bond donors (Lipinski definition) is 13. The third-order valence-corrected chi connectivity index (χ3v) is 22.2. The zero-order chi connectivity index (χ0) is 100. The summed E-state index contributed by atoms with van der Waals surface area (Å²) in [6, 6.07) is 29.0. The summed E-state index contributed by atoms with van der Waals surface area (Å²) in [5.41, 5.74) is 32.2. The molecule has 1 aliphatic heterocycles. The van der Waals surface area contributed by atoms with Crippen LogP contribution in [-0.4, -0.2) is 349 Å². The van der Waals surface area contributed by atoms with Gasteiger partial charge < -0.3 is 96.5 Å². The van der Waals surface area contributed by atoms with Crippen molar-refractivity contribution in [3.8, 4) is 0 Å². The molecule has 39 nitrogen and oxygen atoms in total. The van der Waals surface area contributed by atoms with E-state index < -0.39 is 0 Å². The summed E-state index contributed by atoms with van der Waals surface area (Å²) < 4.78 is 24.2. The molecule has 16 N–H and O–H groups in total. The molecule has 6 aliphatic rings. The van der Waals surface area contributed by atoms with E-state index in [9.17, 15) is 19.2 Å². The third kappa shape index (κ3) is 28.0. The molecule has 10 aromatic rings. The van der Waals surface area contributed by atoms with E-state index in [1.165, 1.54) is 18.2 Å². The molecule has 0 unspecified atom stereocenters. The molecule has 139 heavy (non-hydrogen) atoms. The van der Waals surface area contributed by atoms with Crippen molar-refractivity contribution in [1.82, 2.24) is 58.7 Å². The Kier molecular flexibility index (Phi) is 33.4. The topological polar surface area (TPSA) is 462 Å². The van der Waals surface area contributed by atoms with Crippen molar-refractivity contribution in [3.05, 3.63) is 238 Å². The van der Waals surface area contributed by atoms with Gasteiger partial charge >= 0.3 is 0 Å². The maximum absolute atomic E-state index is 12.6. The number of fused-ring (bicyclic) bond motifs is 6. The normalized spacial score (nSPS) is 16.9. The molecule has 1 fully saturated rings. The standard InChI is InChI=1S/C21H28N6O2.C20H28N7O2.C20H24N6O2.C19H23ClN6O.C19H24N6O/c1-15-13-17(16(14-19(15)29)22-9-12-28)24-20-18-7-5-6-10-26(18)25-21(20)23-8-11-27(2,3)4;1-27(2,3)9-7-23-20-19(17-6-4-5-8-26(17)25-20)24-16-13-18(29-11-10-28)15(22)12-14(16)21;1-26(2,3)10-7-22-20-19(16-6-4-5-9-25(16)24-20)23-14-13-18-15(12-17(14)27)21-8-11-28-18;1-12-11-13(16(21)15(20)18(12)27)23-17-14-7-5-6-9-25(14)24-19(17)22-8-10-26(2,3)4;1-13-11-15(14(20)12-17(13)26)22-18-16-7-5-6-9-24(16)23-19(18)21-8-10-25(2,3)4/h5-7,10,13-14,28H,8-9,11-12H2,1-4H3,(H-,22,23,25,29);4-6,8,12-13,21,28H,7,9-11,22H2,1-3H3,(H,23,25);4-6,9,12-13H,7-8,10-11H2,1-3H3,(H-,21,22,24,27);5-7,9,11H,8,10H2,1-4H3,(H2-,21,22,24,27);5-7,9,11-12H,8,10H2,1-4H3,(H2-,20,21,23,26)/q;+1;;;/p+4. The molecule has 0 atom stereocenters. The summed E-state index contributed by atoms with van der Waals surface area (Å²) in [5.74, 6) is 3.86. The Balaban J connectivity index is 0.000000156. The summed E-state index contributed by atoms with van der Waals surface area (Å²) in [4.78, 5) is 72.1. The molecule has 0 amide bonds. The molecule has 0 aromatic carbocycles. The zero-order valence-corrected chi connectivity index (χ0v) is 83.2. The number of ketones is 4. The maximum Gasteiger partial charge on any atom is 0.206 e. The Morgan fingerprint density at radius 1 is 0.417 bits per heavy atom. The number of pyridine rings is 5. The highest BCUT2D eigenvalue weighted by Gasteiger charge is 2.29. The van der Waals surface area contributed by atoms with E-state index in [1.807, 2.05) is 122 Å². The molecule has 0 spiro atoms. The highest BCUT2D eigenvalue weighted by molar-refractivity contribution is 6.51. The van der Waals surface area contributed by atoms with Gasteiger partial charge in [0, 0.05) is 80.0 Å². The van der Waals surface area contributed by atoms with Crippen LogP contribution in [0.4, 0.5) is 57.5 Å².